The van der Waals surface area contributed by atoms with Gasteiger partial charge in [0.1, 0.15) is 17.2 Å². The van der Waals surface area contributed by atoms with Crippen LogP contribution in [-0.4, -0.2) is 54.1 Å². The van der Waals surface area contributed by atoms with Crippen LogP contribution in [0.5, 0.6) is 17.2 Å². The zero-order chi connectivity index (χ0) is 23.2. The van der Waals surface area contributed by atoms with Crippen LogP contribution < -0.4 is 19.5 Å². The van der Waals surface area contributed by atoms with Crippen molar-refractivity contribution in [3.8, 4) is 17.2 Å². The summed E-state index contributed by atoms with van der Waals surface area (Å²) in [6, 6.07) is 9.75. The molecule has 0 aliphatic rings. The molecule has 2 aromatic carbocycles. The Morgan fingerprint density at radius 2 is 1.65 bits per heavy atom. The van der Waals surface area contributed by atoms with Crippen LogP contribution in [0.25, 0.3) is 0 Å². The Bertz CT molecular complexity index is 1020. The van der Waals surface area contributed by atoms with Crippen molar-refractivity contribution in [3.05, 3.63) is 47.5 Å². The standard InChI is InChI=1S/C22H30N2O6S/c1-15(19-14-17(28-4)8-10-21(19)30-6)23-22(25)12-7-16-13-18(9-11-20(16)29-5)31(26,27)24(2)3/h8-11,13-15H,7,12H2,1-6H3,(H,23,25)/t15-/m0/s1. The minimum Gasteiger partial charge on any atom is -0.497 e. The molecule has 0 bridgehead atoms. The zero-order valence-electron chi connectivity index (χ0n) is 18.8. The van der Waals surface area contributed by atoms with E-state index in [-0.39, 0.29) is 23.3 Å². The maximum absolute atomic E-state index is 12.6. The number of carbonyl (C=O) groups excluding carboxylic acids is 1. The number of hydrogen-bond donors (Lipinski definition) is 1. The van der Waals surface area contributed by atoms with Crippen LogP contribution in [0.4, 0.5) is 0 Å². The number of sulfonamides is 1. The Kier molecular flexibility index (Phi) is 8.29. The molecule has 8 nitrogen and oxygen atoms in total. The second-order valence-electron chi connectivity index (χ2n) is 7.16. The van der Waals surface area contributed by atoms with Crippen LogP contribution in [0.15, 0.2) is 41.3 Å². The number of benzene rings is 2. The van der Waals surface area contributed by atoms with E-state index in [4.69, 9.17) is 14.2 Å². The Hall–Kier alpha value is -2.78. The lowest BCUT2D eigenvalue weighted by Crippen LogP contribution is -2.27. The van der Waals surface area contributed by atoms with Gasteiger partial charge in [-0.3, -0.25) is 4.79 Å². The van der Waals surface area contributed by atoms with Gasteiger partial charge in [0.05, 0.1) is 32.3 Å². The Balaban J connectivity index is 2.14. The van der Waals surface area contributed by atoms with Gasteiger partial charge in [0.2, 0.25) is 15.9 Å². The lowest BCUT2D eigenvalue weighted by atomic mass is 10.1. The first-order valence-electron chi connectivity index (χ1n) is 9.74. The molecule has 0 heterocycles. The molecule has 9 heteroatoms. The molecule has 0 saturated heterocycles. The van der Waals surface area contributed by atoms with E-state index >= 15 is 0 Å². The molecular formula is C22H30N2O6S. The van der Waals surface area contributed by atoms with E-state index in [9.17, 15) is 13.2 Å². The molecule has 1 N–H and O–H groups in total. The molecule has 31 heavy (non-hydrogen) atoms. The number of aryl methyl sites for hydroxylation is 1. The van der Waals surface area contributed by atoms with Crippen molar-refractivity contribution in [1.29, 1.82) is 0 Å². The molecule has 0 unspecified atom stereocenters. The van der Waals surface area contributed by atoms with Crippen molar-refractivity contribution in [2.24, 2.45) is 0 Å². The van der Waals surface area contributed by atoms with Gasteiger partial charge in [-0.2, -0.15) is 0 Å². The normalized spacial score (nSPS) is 12.4. The first-order chi connectivity index (χ1) is 14.6. The average molecular weight is 451 g/mol. The number of amides is 1. The largest absolute Gasteiger partial charge is 0.497 e. The summed E-state index contributed by atoms with van der Waals surface area (Å²) in [4.78, 5) is 12.7. The number of methoxy groups -OCH3 is 3. The number of ether oxygens (including phenoxy) is 3. The molecule has 2 rings (SSSR count). The first kappa shape index (κ1) is 24.5. The topological polar surface area (TPSA) is 94.2 Å². The molecule has 0 aromatic heterocycles. The van der Waals surface area contributed by atoms with Crippen molar-refractivity contribution < 1.29 is 27.4 Å². The molecule has 1 atom stereocenters. The molecule has 0 saturated carbocycles. The highest BCUT2D eigenvalue weighted by Gasteiger charge is 2.20. The van der Waals surface area contributed by atoms with E-state index in [0.29, 0.717) is 29.2 Å². The quantitative estimate of drug-likeness (QED) is 0.598. The fourth-order valence-electron chi connectivity index (χ4n) is 3.14. The fraction of sp³-hybridized carbons (Fsp3) is 0.409. The summed E-state index contributed by atoms with van der Waals surface area (Å²) in [5.74, 6) is 1.67. The van der Waals surface area contributed by atoms with Gasteiger partial charge in [0.25, 0.3) is 0 Å². The minimum atomic E-state index is -3.58. The van der Waals surface area contributed by atoms with Crippen molar-refractivity contribution in [3.63, 3.8) is 0 Å². The maximum Gasteiger partial charge on any atom is 0.242 e. The number of carbonyl (C=O) groups is 1. The molecule has 0 radical (unpaired) electrons. The highest BCUT2D eigenvalue weighted by molar-refractivity contribution is 7.89. The summed E-state index contributed by atoms with van der Waals surface area (Å²) in [6.45, 7) is 1.86. The lowest BCUT2D eigenvalue weighted by Gasteiger charge is -2.19. The molecule has 0 aliphatic carbocycles. The van der Waals surface area contributed by atoms with Crippen LogP contribution in [0.2, 0.25) is 0 Å². The molecule has 1 amide bonds. The maximum atomic E-state index is 12.6. The van der Waals surface area contributed by atoms with Crippen molar-refractivity contribution in [1.82, 2.24) is 9.62 Å². The monoisotopic (exact) mass is 450 g/mol. The van der Waals surface area contributed by atoms with Crippen molar-refractivity contribution in [2.45, 2.75) is 30.7 Å². The van der Waals surface area contributed by atoms with Crippen LogP contribution in [0, 0.1) is 0 Å². The number of hydrogen-bond acceptors (Lipinski definition) is 6. The lowest BCUT2D eigenvalue weighted by molar-refractivity contribution is -0.121. The first-order valence-corrected chi connectivity index (χ1v) is 11.2. The Morgan fingerprint density at radius 3 is 2.23 bits per heavy atom. The van der Waals surface area contributed by atoms with Gasteiger partial charge in [0, 0.05) is 26.1 Å². The number of nitrogens with one attached hydrogen (secondary N) is 1. The smallest absolute Gasteiger partial charge is 0.242 e. The number of rotatable bonds is 10. The number of nitrogens with zero attached hydrogens (tertiary/aromatic N) is 1. The molecule has 2 aromatic rings. The third-order valence-electron chi connectivity index (χ3n) is 4.93. The van der Waals surface area contributed by atoms with E-state index < -0.39 is 10.0 Å². The summed E-state index contributed by atoms with van der Waals surface area (Å²) in [5, 5.41) is 2.95. The van der Waals surface area contributed by atoms with E-state index in [1.165, 1.54) is 27.3 Å². The van der Waals surface area contributed by atoms with Gasteiger partial charge in [-0.1, -0.05) is 0 Å². The summed E-state index contributed by atoms with van der Waals surface area (Å²) >= 11 is 0. The second-order valence-corrected chi connectivity index (χ2v) is 9.31. The van der Waals surface area contributed by atoms with Crippen LogP contribution >= 0.6 is 0 Å². The predicted octanol–water partition coefficient (Wildman–Crippen LogP) is 2.77. The van der Waals surface area contributed by atoms with Gasteiger partial charge in [0.15, 0.2) is 0 Å². The molecule has 170 valence electrons. The summed E-state index contributed by atoms with van der Waals surface area (Å²) in [7, 11) is 4.02. The average Bonchev–Trinajstić information content (AvgIpc) is 2.76. The van der Waals surface area contributed by atoms with Crippen LogP contribution in [-0.2, 0) is 21.2 Å². The zero-order valence-corrected chi connectivity index (χ0v) is 19.6. The summed E-state index contributed by atoms with van der Waals surface area (Å²) in [5.41, 5.74) is 1.44. The Morgan fingerprint density at radius 1 is 1.00 bits per heavy atom. The van der Waals surface area contributed by atoms with E-state index in [1.807, 2.05) is 13.0 Å². The predicted molar refractivity (Wildman–Crippen MR) is 118 cm³/mol. The van der Waals surface area contributed by atoms with E-state index in [2.05, 4.69) is 5.32 Å². The summed E-state index contributed by atoms with van der Waals surface area (Å²) in [6.07, 6.45) is 0.492. The Labute approximate surface area is 184 Å². The van der Waals surface area contributed by atoms with Crippen LogP contribution in [0.3, 0.4) is 0 Å². The molecule has 0 aliphatic heterocycles. The van der Waals surface area contributed by atoms with Crippen molar-refractivity contribution in [2.75, 3.05) is 35.4 Å². The second kappa shape index (κ2) is 10.5. The third-order valence-corrected chi connectivity index (χ3v) is 6.74. The molecular weight excluding hydrogens is 420 g/mol. The highest BCUT2D eigenvalue weighted by Crippen LogP contribution is 2.29. The van der Waals surface area contributed by atoms with Crippen LogP contribution in [0.1, 0.15) is 30.5 Å². The van der Waals surface area contributed by atoms with Gasteiger partial charge in [-0.05, 0) is 55.3 Å². The molecule has 0 fully saturated rings. The van der Waals surface area contributed by atoms with Crippen molar-refractivity contribution >= 4 is 15.9 Å². The summed E-state index contributed by atoms with van der Waals surface area (Å²) < 4.78 is 42.0. The minimum absolute atomic E-state index is 0.156. The fourth-order valence-corrected chi connectivity index (χ4v) is 4.09. The van der Waals surface area contributed by atoms with Gasteiger partial charge in [-0.15, -0.1) is 0 Å². The SMILES string of the molecule is COc1ccc(OC)c([C@H](C)NC(=O)CCc2cc(S(=O)(=O)N(C)C)ccc2OC)c1. The van der Waals surface area contributed by atoms with Gasteiger partial charge in [-0.25, -0.2) is 12.7 Å². The molecule has 0 spiro atoms. The van der Waals surface area contributed by atoms with Gasteiger partial charge < -0.3 is 19.5 Å². The van der Waals surface area contributed by atoms with E-state index in [0.717, 1.165) is 9.87 Å². The highest BCUT2D eigenvalue weighted by atomic mass is 32.2. The third kappa shape index (κ3) is 5.89. The van der Waals surface area contributed by atoms with Gasteiger partial charge >= 0.3 is 0 Å². The van der Waals surface area contributed by atoms with E-state index in [1.54, 1.807) is 38.5 Å².